The van der Waals surface area contributed by atoms with Crippen LogP contribution >= 0.6 is 24.8 Å². The highest BCUT2D eigenvalue weighted by Crippen LogP contribution is 2.23. The molecule has 2 aromatic heterocycles. The summed E-state index contributed by atoms with van der Waals surface area (Å²) >= 11 is 0. The van der Waals surface area contributed by atoms with Crippen LogP contribution in [-0.2, 0) is 0 Å². The minimum atomic E-state index is 0. The summed E-state index contributed by atoms with van der Waals surface area (Å²) in [4.78, 5) is 19.6. The van der Waals surface area contributed by atoms with Gasteiger partial charge in [-0.05, 0) is 46.7 Å². The Morgan fingerprint density at radius 2 is 2.08 bits per heavy atom. The number of likely N-dealkylation sites (tertiary alicyclic amines) is 1. The number of aromatic nitrogens is 3. The number of pyridine rings is 1. The number of carbonyl (C=O) groups is 1. The fraction of sp³-hybridized carbons (Fsp3) is 0.588. The molecule has 1 aliphatic rings. The molecule has 6 nitrogen and oxygen atoms in total. The quantitative estimate of drug-likeness (QED) is 0.878. The van der Waals surface area contributed by atoms with Gasteiger partial charge in [0.25, 0.3) is 5.91 Å². The summed E-state index contributed by atoms with van der Waals surface area (Å²) in [5.74, 6) is 0.0868. The van der Waals surface area contributed by atoms with Gasteiger partial charge in [0.2, 0.25) is 0 Å². The van der Waals surface area contributed by atoms with Crippen LogP contribution in [0.5, 0.6) is 0 Å². The molecule has 0 spiro atoms. The average Bonchev–Trinajstić information content (AvgIpc) is 2.97. The molecule has 1 aliphatic heterocycles. The van der Waals surface area contributed by atoms with Gasteiger partial charge < -0.3 is 10.2 Å². The van der Waals surface area contributed by atoms with Gasteiger partial charge in [0.1, 0.15) is 0 Å². The molecule has 0 radical (unpaired) electrons. The molecule has 1 unspecified atom stereocenters. The number of nitrogens with zero attached hydrogens (tertiary/aromatic N) is 4. The number of rotatable bonds is 3. The van der Waals surface area contributed by atoms with Crippen molar-refractivity contribution in [3.8, 4) is 0 Å². The van der Waals surface area contributed by atoms with Gasteiger partial charge in [-0.25, -0.2) is 9.67 Å². The number of hydrogen-bond acceptors (Lipinski definition) is 4. The molecule has 140 valence electrons. The van der Waals surface area contributed by atoms with E-state index in [1.807, 2.05) is 29.6 Å². The molecule has 1 atom stereocenters. The van der Waals surface area contributed by atoms with Crippen LogP contribution in [0.25, 0.3) is 11.0 Å². The lowest BCUT2D eigenvalue weighted by Crippen LogP contribution is -2.47. The largest absolute Gasteiger partial charge is 0.337 e. The normalized spacial score (nSPS) is 17.3. The van der Waals surface area contributed by atoms with E-state index in [-0.39, 0.29) is 36.8 Å². The van der Waals surface area contributed by atoms with E-state index < -0.39 is 0 Å². The molecule has 0 aromatic carbocycles. The maximum atomic E-state index is 13.0. The topological polar surface area (TPSA) is 63.1 Å². The van der Waals surface area contributed by atoms with Crippen LogP contribution in [0, 0.1) is 6.92 Å². The Kier molecular flexibility index (Phi) is 7.65. The molecule has 3 rings (SSSR count). The zero-order chi connectivity index (χ0) is 16.6. The highest BCUT2D eigenvalue weighted by atomic mass is 35.5. The van der Waals surface area contributed by atoms with Crippen molar-refractivity contribution in [3.05, 3.63) is 23.5 Å². The lowest BCUT2D eigenvalue weighted by Gasteiger charge is -2.32. The second kappa shape index (κ2) is 8.83. The standard InChI is InChI=1S/C17H25N5O.2ClH/c1-11(2)22-16-15(9-19-22)14(8-12(3)20-16)17(23)21-7-5-6-13(10-21)18-4;;/h8-9,11,13,18H,5-7,10H2,1-4H3;2*1H. The van der Waals surface area contributed by atoms with Crippen LogP contribution in [0.1, 0.15) is 48.8 Å². The zero-order valence-corrected chi connectivity index (χ0v) is 16.8. The van der Waals surface area contributed by atoms with Crippen molar-refractivity contribution in [2.24, 2.45) is 0 Å². The lowest BCUT2D eigenvalue weighted by atomic mass is 10.0. The van der Waals surface area contributed by atoms with Gasteiger partial charge in [0, 0.05) is 30.9 Å². The monoisotopic (exact) mass is 387 g/mol. The van der Waals surface area contributed by atoms with Gasteiger partial charge >= 0.3 is 0 Å². The van der Waals surface area contributed by atoms with Crippen LogP contribution in [0.3, 0.4) is 0 Å². The van der Waals surface area contributed by atoms with E-state index in [2.05, 4.69) is 29.2 Å². The van der Waals surface area contributed by atoms with E-state index in [4.69, 9.17) is 0 Å². The van der Waals surface area contributed by atoms with E-state index in [1.54, 1.807) is 6.20 Å². The lowest BCUT2D eigenvalue weighted by molar-refractivity contribution is 0.0700. The molecular formula is C17H27Cl2N5O. The third-order valence-corrected chi connectivity index (χ3v) is 4.53. The second-order valence-corrected chi connectivity index (χ2v) is 6.61. The Morgan fingerprint density at radius 1 is 1.36 bits per heavy atom. The molecule has 25 heavy (non-hydrogen) atoms. The molecule has 3 heterocycles. The summed E-state index contributed by atoms with van der Waals surface area (Å²) in [6.45, 7) is 7.65. The number of nitrogens with one attached hydrogen (secondary N) is 1. The molecule has 2 aromatic rings. The van der Waals surface area contributed by atoms with Gasteiger partial charge in [-0.1, -0.05) is 0 Å². The first-order chi connectivity index (χ1) is 11.0. The van der Waals surface area contributed by atoms with E-state index in [0.29, 0.717) is 6.04 Å². The summed E-state index contributed by atoms with van der Waals surface area (Å²) in [5.41, 5.74) is 2.37. The van der Waals surface area contributed by atoms with Gasteiger partial charge in [-0.2, -0.15) is 5.10 Å². The minimum Gasteiger partial charge on any atom is -0.337 e. The van der Waals surface area contributed by atoms with Crippen molar-refractivity contribution in [2.45, 2.75) is 45.7 Å². The van der Waals surface area contributed by atoms with Crippen molar-refractivity contribution >= 4 is 41.8 Å². The Hall–Kier alpha value is -1.37. The summed E-state index contributed by atoms with van der Waals surface area (Å²) in [6, 6.07) is 2.48. The summed E-state index contributed by atoms with van der Waals surface area (Å²) in [7, 11) is 1.96. The predicted molar refractivity (Wildman–Crippen MR) is 105 cm³/mol. The maximum Gasteiger partial charge on any atom is 0.254 e. The highest BCUT2D eigenvalue weighted by molar-refractivity contribution is 6.05. The molecule has 1 fully saturated rings. The van der Waals surface area contributed by atoms with E-state index in [9.17, 15) is 4.79 Å². The Bertz CT molecular complexity index is 731. The average molecular weight is 388 g/mol. The summed E-state index contributed by atoms with van der Waals surface area (Å²) < 4.78 is 1.88. The van der Waals surface area contributed by atoms with Gasteiger partial charge in [-0.15, -0.1) is 24.8 Å². The molecule has 0 aliphatic carbocycles. The molecule has 0 bridgehead atoms. The predicted octanol–water partition coefficient (Wildman–Crippen LogP) is 2.99. The number of aryl methyl sites for hydroxylation is 1. The van der Waals surface area contributed by atoms with Crippen LogP contribution < -0.4 is 5.32 Å². The van der Waals surface area contributed by atoms with Gasteiger partial charge in [0.05, 0.1) is 17.1 Å². The summed E-state index contributed by atoms with van der Waals surface area (Å²) in [6.07, 6.45) is 3.93. The maximum absolute atomic E-state index is 13.0. The minimum absolute atomic E-state index is 0. The molecule has 1 N–H and O–H groups in total. The molecule has 8 heteroatoms. The van der Waals surface area contributed by atoms with Crippen LogP contribution in [-0.4, -0.2) is 51.8 Å². The molecule has 0 saturated carbocycles. The van der Waals surface area contributed by atoms with Crippen molar-refractivity contribution in [3.63, 3.8) is 0 Å². The third kappa shape index (κ3) is 4.25. The fourth-order valence-corrected chi connectivity index (χ4v) is 3.27. The second-order valence-electron chi connectivity index (χ2n) is 6.61. The third-order valence-electron chi connectivity index (χ3n) is 4.53. The number of halogens is 2. The molecular weight excluding hydrogens is 361 g/mol. The number of piperidine rings is 1. The van der Waals surface area contributed by atoms with Crippen LogP contribution in [0.2, 0.25) is 0 Å². The first kappa shape index (κ1) is 21.7. The van der Waals surface area contributed by atoms with E-state index >= 15 is 0 Å². The van der Waals surface area contributed by atoms with Crippen molar-refractivity contribution in [1.82, 2.24) is 25.0 Å². The Labute approximate surface area is 161 Å². The van der Waals surface area contributed by atoms with Crippen LogP contribution in [0.15, 0.2) is 12.3 Å². The first-order valence-corrected chi connectivity index (χ1v) is 8.32. The molecule has 1 amide bonds. The number of carbonyl (C=O) groups excluding carboxylic acids is 1. The molecule has 1 saturated heterocycles. The van der Waals surface area contributed by atoms with Crippen molar-refractivity contribution in [1.29, 1.82) is 0 Å². The van der Waals surface area contributed by atoms with Crippen molar-refractivity contribution < 1.29 is 4.79 Å². The Balaban J connectivity index is 0.00000156. The van der Waals surface area contributed by atoms with Gasteiger partial charge in [0.15, 0.2) is 5.65 Å². The number of amides is 1. The summed E-state index contributed by atoms with van der Waals surface area (Å²) in [5, 5.41) is 8.56. The highest BCUT2D eigenvalue weighted by Gasteiger charge is 2.26. The SMILES string of the molecule is CNC1CCCN(C(=O)c2cc(C)nc3c2cnn3C(C)C)C1.Cl.Cl. The number of fused-ring (bicyclic) bond motifs is 1. The Morgan fingerprint density at radius 3 is 2.72 bits per heavy atom. The number of hydrogen-bond donors (Lipinski definition) is 1. The smallest absolute Gasteiger partial charge is 0.254 e. The van der Waals surface area contributed by atoms with Crippen molar-refractivity contribution in [2.75, 3.05) is 20.1 Å². The van der Waals surface area contributed by atoms with Gasteiger partial charge in [-0.3, -0.25) is 4.79 Å². The van der Waals surface area contributed by atoms with E-state index in [0.717, 1.165) is 48.2 Å². The first-order valence-electron chi connectivity index (χ1n) is 8.32. The fourth-order valence-electron chi connectivity index (χ4n) is 3.27. The zero-order valence-electron chi connectivity index (χ0n) is 15.2. The van der Waals surface area contributed by atoms with E-state index in [1.165, 1.54) is 0 Å². The van der Waals surface area contributed by atoms with Crippen LogP contribution in [0.4, 0.5) is 0 Å². The number of likely N-dealkylation sites (N-methyl/N-ethyl adjacent to an activating group) is 1.